The number of methoxy groups -OCH3 is 2. The van der Waals surface area contributed by atoms with E-state index in [2.05, 4.69) is 25.7 Å². The van der Waals surface area contributed by atoms with Crippen LogP contribution in [-0.2, 0) is 0 Å². The molecule has 8 heteroatoms. The number of rotatable bonds is 6. The molecular formula is C24H23N5O3. The zero-order valence-corrected chi connectivity index (χ0v) is 18.3. The van der Waals surface area contributed by atoms with Gasteiger partial charge in [-0.3, -0.25) is 14.9 Å². The number of para-hydroxylation sites is 1. The van der Waals surface area contributed by atoms with Gasteiger partial charge in [0.05, 0.1) is 43.4 Å². The smallest absolute Gasteiger partial charge is 0.272 e. The number of hydrogen-bond donors (Lipinski definition) is 2. The first-order valence-electron chi connectivity index (χ1n) is 9.98. The van der Waals surface area contributed by atoms with Crippen LogP contribution in [-0.4, -0.2) is 41.5 Å². The third-order valence-electron chi connectivity index (χ3n) is 5.12. The van der Waals surface area contributed by atoms with E-state index < -0.39 is 0 Å². The van der Waals surface area contributed by atoms with E-state index in [9.17, 15) is 4.79 Å². The van der Waals surface area contributed by atoms with Gasteiger partial charge >= 0.3 is 0 Å². The van der Waals surface area contributed by atoms with E-state index in [4.69, 9.17) is 9.47 Å². The Hall–Kier alpha value is -4.20. The minimum atomic E-state index is -0.307. The number of aromatic amines is 1. The molecule has 0 fully saturated rings. The fraction of sp³-hybridized carbons (Fsp3) is 0.167. The summed E-state index contributed by atoms with van der Waals surface area (Å²) in [6.07, 6.45) is 3.19. The van der Waals surface area contributed by atoms with Gasteiger partial charge < -0.3 is 9.47 Å². The van der Waals surface area contributed by atoms with Crippen molar-refractivity contribution in [2.45, 2.75) is 13.8 Å². The van der Waals surface area contributed by atoms with Crippen LogP contribution in [0.1, 0.15) is 27.2 Å². The first-order chi connectivity index (χ1) is 15.5. The molecule has 1 amide bonds. The van der Waals surface area contributed by atoms with Gasteiger partial charge in [0, 0.05) is 22.2 Å². The predicted molar refractivity (Wildman–Crippen MR) is 123 cm³/mol. The topological polar surface area (TPSA) is 101 Å². The Morgan fingerprint density at radius 2 is 1.91 bits per heavy atom. The van der Waals surface area contributed by atoms with Crippen LogP contribution in [0.5, 0.6) is 11.5 Å². The number of amides is 1. The van der Waals surface area contributed by atoms with Crippen LogP contribution in [0.15, 0.2) is 53.8 Å². The summed E-state index contributed by atoms with van der Waals surface area (Å²) in [5.41, 5.74) is 8.04. The largest absolute Gasteiger partial charge is 0.493 e. The number of carbonyl (C=O) groups is 1. The molecule has 0 spiro atoms. The molecule has 32 heavy (non-hydrogen) atoms. The summed E-state index contributed by atoms with van der Waals surface area (Å²) in [4.78, 5) is 17.4. The zero-order chi connectivity index (χ0) is 22.7. The molecule has 2 N–H and O–H groups in total. The monoisotopic (exact) mass is 429 g/mol. The average molecular weight is 429 g/mol. The summed E-state index contributed by atoms with van der Waals surface area (Å²) in [7, 11) is 3.17. The lowest BCUT2D eigenvalue weighted by Crippen LogP contribution is -2.18. The van der Waals surface area contributed by atoms with E-state index in [0.717, 1.165) is 33.4 Å². The molecular weight excluding hydrogens is 406 g/mol. The highest BCUT2D eigenvalue weighted by Gasteiger charge is 2.13. The average Bonchev–Trinajstić information content (AvgIpc) is 3.27. The van der Waals surface area contributed by atoms with Crippen LogP contribution >= 0.6 is 0 Å². The van der Waals surface area contributed by atoms with Crippen molar-refractivity contribution in [1.29, 1.82) is 0 Å². The highest BCUT2D eigenvalue weighted by atomic mass is 16.5. The molecule has 4 rings (SSSR count). The molecule has 2 aromatic carbocycles. The minimum absolute atomic E-state index is 0.307. The van der Waals surface area contributed by atoms with Crippen LogP contribution in [0.2, 0.25) is 0 Å². The third kappa shape index (κ3) is 4.02. The van der Waals surface area contributed by atoms with Crippen molar-refractivity contribution >= 4 is 23.0 Å². The van der Waals surface area contributed by atoms with Gasteiger partial charge in [0.25, 0.3) is 5.91 Å². The molecule has 0 atom stereocenters. The molecule has 4 aromatic rings. The Bertz CT molecular complexity index is 1330. The van der Waals surface area contributed by atoms with E-state index >= 15 is 0 Å². The first kappa shape index (κ1) is 21.0. The van der Waals surface area contributed by atoms with Gasteiger partial charge in [-0.15, -0.1) is 0 Å². The summed E-state index contributed by atoms with van der Waals surface area (Å²) in [6, 6.07) is 13.1. The minimum Gasteiger partial charge on any atom is -0.493 e. The molecule has 2 aromatic heterocycles. The molecule has 0 bridgehead atoms. The Morgan fingerprint density at radius 1 is 1.09 bits per heavy atom. The van der Waals surface area contributed by atoms with Gasteiger partial charge in [0.15, 0.2) is 11.5 Å². The number of H-pyrrole nitrogens is 1. The van der Waals surface area contributed by atoms with Gasteiger partial charge in [0.1, 0.15) is 0 Å². The maximum atomic E-state index is 12.9. The van der Waals surface area contributed by atoms with Crippen molar-refractivity contribution < 1.29 is 14.3 Å². The lowest BCUT2D eigenvalue weighted by Gasteiger charge is -2.09. The van der Waals surface area contributed by atoms with Crippen LogP contribution in [0.4, 0.5) is 0 Å². The number of benzene rings is 2. The van der Waals surface area contributed by atoms with Crippen molar-refractivity contribution in [1.82, 2.24) is 20.6 Å². The summed E-state index contributed by atoms with van der Waals surface area (Å²) >= 11 is 0. The second-order valence-electron chi connectivity index (χ2n) is 7.25. The zero-order valence-electron chi connectivity index (χ0n) is 18.3. The number of aryl methyl sites for hydroxylation is 2. The lowest BCUT2D eigenvalue weighted by atomic mass is 10.0. The van der Waals surface area contributed by atoms with Crippen LogP contribution in [0.25, 0.3) is 22.2 Å². The number of pyridine rings is 1. The van der Waals surface area contributed by atoms with E-state index in [1.54, 1.807) is 32.7 Å². The summed E-state index contributed by atoms with van der Waals surface area (Å²) < 4.78 is 10.7. The number of aromatic nitrogens is 3. The molecule has 0 saturated heterocycles. The summed E-state index contributed by atoms with van der Waals surface area (Å²) in [6.45, 7) is 3.84. The van der Waals surface area contributed by atoms with Gasteiger partial charge in [0.2, 0.25) is 0 Å². The Kier molecular flexibility index (Phi) is 5.85. The number of hydrogen-bond acceptors (Lipinski definition) is 6. The Balaban J connectivity index is 1.58. The first-order valence-corrected chi connectivity index (χ1v) is 9.98. The maximum absolute atomic E-state index is 12.9. The second kappa shape index (κ2) is 8.89. The predicted octanol–water partition coefficient (Wildman–Crippen LogP) is 4.02. The second-order valence-corrected chi connectivity index (χ2v) is 7.25. The normalized spacial score (nSPS) is 11.1. The van der Waals surface area contributed by atoms with E-state index in [0.29, 0.717) is 22.6 Å². The number of nitrogens with one attached hydrogen (secondary N) is 2. The quantitative estimate of drug-likeness (QED) is 0.356. The standard InChI is InChI=1S/C24H23N5O3/c1-14-6-5-7-18-19(10-15(2)27-22(14)18)24(30)29-26-13-17-12-25-28-23(17)16-8-9-20(31-3)21(11-16)32-4/h5-13H,1-4H3,(H,25,28)(H,29,30)/b26-13+. The fourth-order valence-corrected chi connectivity index (χ4v) is 3.54. The lowest BCUT2D eigenvalue weighted by molar-refractivity contribution is 0.0956. The highest BCUT2D eigenvalue weighted by Crippen LogP contribution is 2.32. The number of ether oxygens (including phenoxy) is 2. The molecule has 0 saturated carbocycles. The molecule has 0 radical (unpaired) electrons. The van der Waals surface area contributed by atoms with Gasteiger partial charge in [-0.05, 0) is 43.7 Å². The summed E-state index contributed by atoms with van der Waals surface area (Å²) in [5.74, 6) is 0.929. The molecule has 8 nitrogen and oxygen atoms in total. The van der Waals surface area contributed by atoms with E-state index in [-0.39, 0.29) is 5.91 Å². The molecule has 2 heterocycles. The SMILES string of the molecule is COc1ccc(-c2[nH]ncc2/C=N/NC(=O)c2cc(C)nc3c(C)cccc23)cc1OC. The molecule has 0 aliphatic rings. The fourth-order valence-electron chi connectivity index (χ4n) is 3.54. The number of hydrazone groups is 1. The third-order valence-corrected chi connectivity index (χ3v) is 5.12. The van der Waals surface area contributed by atoms with Crippen LogP contribution in [0, 0.1) is 13.8 Å². The number of nitrogens with zero attached hydrogens (tertiary/aromatic N) is 3. The van der Waals surface area contributed by atoms with Crippen LogP contribution in [0.3, 0.4) is 0 Å². The van der Waals surface area contributed by atoms with Crippen molar-refractivity contribution in [3.8, 4) is 22.8 Å². The van der Waals surface area contributed by atoms with Crippen molar-refractivity contribution in [2.24, 2.45) is 5.10 Å². The maximum Gasteiger partial charge on any atom is 0.272 e. The Labute approximate surface area is 185 Å². The van der Waals surface area contributed by atoms with Gasteiger partial charge in [-0.1, -0.05) is 18.2 Å². The van der Waals surface area contributed by atoms with Gasteiger partial charge in [-0.2, -0.15) is 10.2 Å². The van der Waals surface area contributed by atoms with E-state index in [1.807, 2.05) is 50.2 Å². The van der Waals surface area contributed by atoms with E-state index in [1.165, 1.54) is 0 Å². The van der Waals surface area contributed by atoms with Crippen LogP contribution < -0.4 is 14.9 Å². The molecule has 162 valence electrons. The molecule has 0 unspecified atom stereocenters. The Morgan fingerprint density at radius 3 is 2.69 bits per heavy atom. The number of carbonyl (C=O) groups excluding carboxylic acids is 1. The highest BCUT2D eigenvalue weighted by molar-refractivity contribution is 6.07. The molecule has 0 aliphatic carbocycles. The van der Waals surface area contributed by atoms with Crippen molar-refractivity contribution in [2.75, 3.05) is 14.2 Å². The van der Waals surface area contributed by atoms with Crippen molar-refractivity contribution in [3.63, 3.8) is 0 Å². The molecule has 0 aliphatic heterocycles. The summed E-state index contributed by atoms with van der Waals surface area (Å²) in [5, 5.41) is 12.0. The van der Waals surface area contributed by atoms with Gasteiger partial charge in [-0.25, -0.2) is 5.43 Å². The van der Waals surface area contributed by atoms with Crippen molar-refractivity contribution in [3.05, 3.63) is 71.0 Å². The number of fused-ring (bicyclic) bond motifs is 1.